The van der Waals surface area contributed by atoms with Gasteiger partial charge in [-0.25, -0.2) is 4.98 Å². The van der Waals surface area contributed by atoms with Crippen LogP contribution >= 0.6 is 11.6 Å². The molecule has 2 fully saturated rings. The molecule has 7 rings (SSSR count). The molecule has 45 heavy (non-hydrogen) atoms. The number of nitriles is 1. The fourth-order valence-electron chi connectivity index (χ4n) is 6.22. The van der Waals surface area contributed by atoms with E-state index < -0.39 is 17.4 Å². The average Bonchev–Trinajstić information content (AvgIpc) is 3.62. The van der Waals surface area contributed by atoms with Crippen LogP contribution in [0.5, 0.6) is 11.5 Å². The fourth-order valence-corrected chi connectivity index (χ4v) is 6.35. The summed E-state index contributed by atoms with van der Waals surface area (Å²) in [6.07, 6.45) is 0.635. The van der Waals surface area contributed by atoms with Crippen molar-refractivity contribution in [3.05, 3.63) is 88.0 Å². The van der Waals surface area contributed by atoms with E-state index in [2.05, 4.69) is 32.1 Å². The van der Waals surface area contributed by atoms with E-state index in [-0.39, 0.29) is 11.9 Å². The number of rotatable bonds is 7. The Morgan fingerprint density at radius 1 is 1.11 bits per heavy atom. The Hall–Kier alpha value is -4.14. The quantitative estimate of drug-likeness (QED) is 0.228. The Labute approximate surface area is 263 Å². The molecule has 232 valence electrons. The number of alkyl halides is 3. The molecular formula is C33H30ClF3N6O2. The number of aromatic amines is 1. The van der Waals surface area contributed by atoms with Crippen LogP contribution < -0.4 is 9.47 Å². The van der Waals surface area contributed by atoms with Crippen molar-refractivity contribution >= 4 is 11.6 Å². The van der Waals surface area contributed by atoms with Crippen LogP contribution in [0.15, 0.2) is 54.7 Å². The zero-order valence-corrected chi connectivity index (χ0v) is 25.0. The summed E-state index contributed by atoms with van der Waals surface area (Å²) in [4.78, 5) is 10.6. The van der Waals surface area contributed by atoms with E-state index in [4.69, 9.17) is 21.1 Å². The van der Waals surface area contributed by atoms with Gasteiger partial charge in [0.25, 0.3) is 0 Å². The lowest BCUT2D eigenvalue weighted by atomic mass is 9.88. The molecule has 0 amide bonds. The number of hydrogen-bond acceptors (Lipinski definition) is 7. The highest BCUT2D eigenvalue weighted by molar-refractivity contribution is 6.30. The Balaban J connectivity index is 1.04. The summed E-state index contributed by atoms with van der Waals surface area (Å²) >= 11 is 6.05. The first-order valence-corrected chi connectivity index (χ1v) is 15.4. The summed E-state index contributed by atoms with van der Waals surface area (Å²) in [6, 6.07) is 17.9. The van der Waals surface area contributed by atoms with Crippen LogP contribution in [0.2, 0.25) is 5.02 Å². The molecule has 2 aliphatic heterocycles. The van der Waals surface area contributed by atoms with Crippen LogP contribution in [0.3, 0.4) is 0 Å². The van der Waals surface area contributed by atoms with E-state index >= 15 is 0 Å². The minimum atomic E-state index is -4.62. The molecule has 1 aliphatic carbocycles. The predicted octanol–water partition coefficient (Wildman–Crippen LogP) is 7.28. The van der Waals surface area contributed by atoms with E-state index in [9.17, 15) is 18.4 Å². The maximum Gasteiger partial charge on any atom is 0.451 e. The molecule has 1 atom stereocenters. The highest BCUT2D eigenvalue weighted by Crippen LogP contribution is 2.48. The number of aromatic nitrogens is 4. The van der Waals surface area contributed by atoms with Gasteiger partial charge in [0.2, 0.25) is 5.82 Å². The highest BCUT2D eigenvalue weighted by Gasteiger charge is 2.44. The molecule has 0 bridgehead atoms. The van der Waals surface area contributed by atoms with Gasteiger partial charge in [-0.05, 0) is 86.5 Å². The van der Waals surface area contributed by atoms with Crippen molar-refractivity contribution in [3.63, 3.8) is 0 Å². The van der Waals surface area contributed by atoms with Gasteiger partial charge in [0, 0.05) is 28.9 Å². The molecule has 2 aromatic heterocycles. The molecule has 1 N–H and O–H groups in total. The molecule has 0 unspecified atom stereocenters. The van der Waals surface area contributed by atoms with E-state index in [1.807, 2.05) is 41.5 Å². The van der Waals surface area contributed by atoms with Gasteiger partial charge in [-0.3, -0.25) is 15.0 Å². The van der Waals surface area contributed by atoms with Crippen LogP contribution in [0, 0.1) is 16.7 Å². The van der Waals surface area contributed by atoms with Crippen LogP contribution in [0.4, 0.5) is 13.2 Å². The Bertz CT molecular complexity index is 1740. The molecular weight excluding hydrogens is 605 g/mol. The summed E-state index contributed by atoms with van der Waals surface area (Å²) in [7, 11) is 0. The minimum absolute atomic E-state index is 0.0675. The molecule has 3 aliphatic rings. The second-order valence-electron chi connectivity index (χ2n) is 12.1. The first-order chi connectivity index (χ1) is 21.7. The first-order valence-electron chi connectivity index (χ1n) is 15.0. The number of para-hydroxylation sites is 1. The monoisotopic (exact) mass is 634 g/mol. The lowest BCUT2D eigenvalue weighted by Gasteiger charge is -2.35. The van der Waals surface area contributed by atoms with Crippen molar-refractivity contribution in [1.82, 2.24) is 25.1 Å². The van der Waals surface area contributed by atoms with E-state index in [1.165, 1.54) is 6.20 Å². The molecule has 4 heterocycles. The third kappa shape index (κ3) is 6.22. The van der Waals surface area contributed by atoms with Crippen LogP contribution in [0.1, 0.15) is 65.9 Å². The first kappa shape index (κ1) is 29.6. The molecule has 12 heteroatoms. The smallest absolute Gasteiger partial charge is 0.451 e. The number of fused-ring (bicyclic) bond motifs is 1. The number of pyridine rings is 1. The largest absolute Gasteiger partial charge is 0.485 e. The van der Waals surface area contributed by atoms with Gasteiger partial charge in [-0.2, -0.15) is 23.5 Å². The van der Waals surface area contributed by atoms with Gasteiger partial charge in [0.15, 0.2) is 23.4 Å². The molecule has 0 radical (unpaired) electrons. The summed E-state index contributed by atoms with van der Waals surface area (Å²) in [5.41, 5.74) is 3.79. The lowest BCUT2D eigenvalue weighted by Crippen LogP contribution is -2.33. The van der Waals surface area contributed by atoms with Crippen molar-refractivity contribution in [3.8, 4) is 29.0 Å². The van der Waals surface area contributed by atoms with Crippen molar-refractivity contribution in [2.75, 3.05) is 19.7 Å². The molecule has 8 nitrogen and oxygen atoms in total. The number of H-pyrrole nitrogens is 1. The molecule has 2 aromatic carbocycles. The van der Waals surface area contributed by atoms with Gasteiger partial charge in [0.1, 0.15) is 6.61 Å². The molecule has 0 spiro atoms. The standard InChI is InChI=1S/C33H30ClF3N6O2/c34-24-6-4-21(5-7-24)28-18-44-29-25(2-1-3-27(29)45-28)20-8-12-43(13-9-20)17-26-22(15-32(19-38)10-11-32)14-23(16-39-26)30-40-31(42-41-30)33(35,36)37/h1-7,14,16,20,28H,8-13,15,17-18H2,(H,40,41,42)/t28-/m0/s1. The van der Waals surface area contributed by atoms with Crippen LogP contribution in [0.25, 0.3) is 11.4 Å². The molecule has 1 saturated carbocycles. The number of likely N-dealkylation sites (tertiary alicyclic amines) is 1. The Morgan fingerprint density at radius 3 is 2.58 bits per heavy atom. The van der Waals surface area contributed by atoms with Crippen molar-refractivity contribution in [2.45, 2.75) is 56.8 Å². The topological polar surface area (TPSA) is 100.0 Å². The van der Waals surface area contributed by atoms with Crippen molar-refractivity contribution < 1.29 is 22.6 Å². The fraction of sp³-hybridized carbons (Fsp3) is 0.394. The predicted molar refractivity (Wildman–Crippen MR) is 160 cm³/mol. The SMILES string of the molecule is N#CC1(Cc2cc(-c3n[nH]c(C(F)(F)F)n3)cnc2CN2CCC(c3cccc4c3OC[C@@H](c3ccc(Cl)cc3)O4)CC2)CC1. The Morgan fingerprint density at radius 2 is 1.89 bits per heavy atom. The van der Waals surface area contributed by atoms with Crippen LogP contribution in [-0.4, -0.2) is 44.8 Å². The Kier molecular flexibility index (Phi) is 7.66. The van der Waals surface area contributed by atoms with E-state index in [0.29, 0.717) is 36.1 Å². The summed E-state index contributed by atoms with van der Waals surface area (Å²) < 4.78 is 51.9. The summed E-state index contributed by atoms with van der Waals surface area (Å²) in [6.45, 7) is 2.68. The zero-order chi connectivity index (χ0) is 31.2. The second kappa shape index (κ2) is 11.7. The van der Waals surface area contributed by atoms with Gasteiger partial charge in [-0.15, -0.1) is 0 Å². The maximum absolute atomic E-state index is 13.1. The number of piperidine rings is 1. The minimum Gasteiger partial charge on any atom is -0.485 e. The molecule has 1 saturated heterocycles. The van der Waals surface area contributed by atoms with Crippen molar-refractivity contribution in [2.24, 2.45) is 5.41 Å². The summed E-state index contributed by atoms with van der Waals surface area (Å²) in [5.74, 6) is 0.647. The lowest BCUT2D eigenvalue weighted by molar-refractivity contribution is -0.144. The number of ether oxygens (including phenoxy) is 2. The van der Waals surface area contributed by atoms with Crippen LogP contribution in [-0.2, 0) is 19.1 Å². The van der Waals surface area contributed by atoms with Crippen molar-refractivity contribution in [1.29, 1.82) is 5.26 Å². The number of nitrogens with zero attached hydrogens (tertiary/aromatic N) is 5. The van der Waals surface area contributed by atoms with Gasteiger partial charge in [-0.1, -0.05) is 35.9 Å². The number of benzene rings is 2. The third-order valence-electron chi connectivity index (χ3n) is 8.99. The third-order valence-corrected chi connectivity index (χ3v) is 9.24. The maximum atomic E-state index is 13.1. The van der Waals surface area contributed by atoms with Gasteiger partial charge >= 0.3 is 6.18 Å². The van der Waals surface area contributed by atoms with Gasteiger partial charge in [0.05, 0.1) is 17.2 Å². The van der Waals surface area contributed by atoms with E-state index in [0.717, 1.165) is 72.7 Å². The van der Waals surface area contributed by atoms with Gasteiger partial charge < -0.3 is 9.47 Å². The highest BCUT2D eigenvalue weighted by atomic mass is 35.5. The molecule has 4 aromatic rings. The number of halogens is 4. The van der Waals surface area contributed by atoms with E-state index in [1.54, 1.807) is 6.07 Å². The summed E-state index contributed by atoms with van der Waals surface area (Å²) in [5, 5.41) is 16.2. The second-order valence-corrected chi connectivity index (χ2v) is 12.5. The average molecular weight is 635 g/mol. The number of hydrogen-bond donors (Lipinski definition) is 1. The zero-order valence-electron chi connectivity index (χ0n) is 24.3. The normalized spacial score (nSPS) is 19.7. The number of nitrogens with one attached hydrogen (secondary N) is 1.